The third-order valence-electron chi connectivity index (χ3n) is 2.94. The maximum Gasteiger partial charge on any atom is 0.0925 e. The topological polar surface area (TPSA) is 34.2 Å². The number of hydrogen-bond donors (Lipinski definition) is 1. The zero-order valence-electron chi connectivity index (χ0n) is 9.87. The van der Waals surface area contributed by atoms with Crippen molar-refractivity contribution in [3.63, 3.8) is 0 Å². The van der Waals surface area contributed by atoms with E-state index in [1.54, 1.807) is 11.3 Å². The Morgan fingerprint density at radius 3 is 3.00 bits per heavy atom. The Hall–Kier alpha value is -0.450. The van der Waals surface area contributed by atoms with E-state index >= 15 is 0 Å². The van der Waals surface area contributed by atoms with Gasteiger partial charge in [0.25, 0.3) is 0 Å². The minimum atomic E-state index is 0.651. The van der Waals surface area contributed by atoms with Crippen LogP contribution in [-0.4, -0.2) is 30.8 Å². The fourth-order valence-corrected chi connectivity index (χ4v) is 2.71. The highest BCUT2D eigenvalue weighted by Crippen LogP contribution is 2.11. The summed E-state index contributed by atoms with van der Waals surface area (Å²) in [7, 11) is 0. The van der Waals surface area contributed by atoms with E-state index in [2.05, 4.69) is 22.6 Å². The number of aryl methyl sites for hydroxylation is 1. The summed E-state index contributed by atoms with van der Waals surface area (Å²) in [6.45, 7) is 5.02. The predicted octanol–water partition coefficient (Wildman–Crippen LogP) is 2.02. The molecular formula is C12H20N2OS. The summed E-state index contributed by atoms with van der Waals surface area (Å²) in [6, 6.07) is 0.651. The van der Waals surface area contributed by atoms with Crippen molar-refractivity contribution in [2.75, 3.05) is 19.8 Å². The van der Waals surface area contributed by atoms with Crippen LogP contribution < -0.4 is 5.32 Å². The summed E-state index contributed by atoms with van der Waals surface area (Å²) in [5.41, 5.74) is 1.24. The van der Waals surface area contributed by atoms with Gasteiger partial charge in [0, 0.05) is 37.6 Å². The average molecular weight is 240 g/mol. The third kappa shape index (κ3) is 3.54. The van der Waals surface area contributed by atoms with Gasteiger partial charge in [0.05, 0.1) is 10.7 Å². The molecule has 16 heavy (non-hydrogen) atoms. The van der Waals surface area contributed by atoms with Crippen molar-refractivity contribution < 1.29 is 4.74 Å². The lowest BCUT2D eigenvalue weighted by Gasteiger charge is -2.22. The van der Waals surface area contributed by atoms with Gasteiger partial charge in [0.2, 0.25) is 0 Å². The zero-order valence-corrected chi connectivity index (χ0v) is 10.7. The minimum Gasteiger partial charge on any atom is -0.381 e. The Bertz CT molecular complexity index is 308. The first kappa shape index (κ1) is 12.0. The molecule has 0 saturated carbocycles. The van der Waals surface area contributed by atoms with Gasteiger partial charge in [-0.05, 0) is 19.3 Å². The number of nitrogens with one attached hydrogen (secondary N) is 1. The normalized spacial score (nSPS) is 17.8. The summed E-state index contributed by atoms with van der Waals surface area (Å²) in [5.74, 6) is 0. The Labute approximate surface area is 101 Å². The van der Waals surface area contributed by atoms with Gasteiger partial charge >= 0.3 is 0 Å². The van der Waals surface area contributed by atoms with Crippen molar-refractivity contribution in [3.8, 4) is 0 Å². The third-order valence-corrected chi connectivity index (χ3v) is 3.98. The highest BCUT2D eigenvalue weighted by Gasteiger charge is 2.12. The van der Waals surface area contributed by atoms with Gasteiger partial charge in [0.15, 0.2) is 0 Å². The van der Waals surface area contributed by atoms with Crippen LogP contribution in [0.25, 0.3) is 0 Å². The van der Waals surface area contributed by atoms with Gasteiger partial charge in [-0.2, -0.15) is 0 Å². The molecule has 1 N–H and O–H groups in total. The molecule has 0 bridgehead atoms. The standard InChI is InChI=1S/C12H20N2OS/c1-2-12-14-11(9-16-12)3-6-13-10-4-7-15-8-5-10/h9-10,13H,2-8H2,1H3. The molecule has 1 aromatic heterocycles. The fourth-order valence-electron chi connectivity index (χ4n) is 1.93. The van der Waals surface area contributed by atoms with Crippen molar-refractivity contribution in [2.45, 2.75) is 38.6 Å². The highest BCUT2D eigenvalue weighted by atomic mass is 32.1. The first-order valence-corrected chi connectivity index (χ1v) is 7.01. The summed E-state index contributed by atoms with van der Waals surface area (Å²) >= 11 is 1.78. The quantitative estimate of drug-likeness (QED) is 0.855. The summed E-state index contributed by atoms with van der Waals surface area (Å²) < 4.78 is 5.33. The molecule has 0 amide bonds. The van der Waals surface area contributed by atoms with Crippen LogP contribution in [0.1, 0.15) is 30.5 Å². The lowest BCUT2D eigenvalue weighted by Crippen LogP contribution is -2.35. The number of nitrogens with zero attached hydrogens (tertiary/aromatic N) is 1. The molecule has 0 aliphatic carbocycles. The van der Waals surface area contributed by atoms with Crippen LogP contribution in [0.5, 0.6) is 0 Å². The van der Waals surface area contributed by atoms with Gasteiger partial charge in [-0.25, -0.2) is 4.98 Å². The Morgan fingerprint density at radius 2 is 2.31 bits per heavy atom. The second-order valence-corrected chi connectivity index (χ2v) is 5.12. The second-order valence-electron chi connectivity index (χ2n) is 4.18. The second kappa shape index (κ2) is 6.33. The molecule has 0 radical (unpaired) electrons. The lowest BCUT2D eigenvalue weighted by molar-refractivity contribution is 0.0782. The molecule has 1 aliphatic rings. The number of thiazole rings is 1. The molecule has 0 spiro atoms. The van der Waals surface area contributed by atoms with Gasteiger partial charge < -0.3 is 10.1 Å². The molecule has 1 aliphatic heterocycles. The minimum absolute atomic E-state index is 0.651. The molecule has 0 atom stereocenters. The van der Waals surface area contributed by atoms with Gasteiger partial charge in [-0.15, -0.1) is 11.3 Å². The van der Waals surface area contributed by atoms with Crippen LogP contribution in [0.2, 0.25) is 0 Å². The van der Waals surface area contributed by atoms with Crippen LogP contribution in [0.3, 0.4) is 0 Å². The summed E-state index contributed by atoms with van der Waals surface area (Å²) in [5, 5.41) is 7.02. The molecule has 2 rings (SSSR count). The van der Waals surface area contributed by atoms with Crippen LogP contribution in [-0.2, 0) is 17.6 Å². The van der Waals surface area contributed by atoms with Crippen LogP contribution in [0.4, 0.5) is 0 Å². The van der Waals surface area contributed by atoms with Crippen LogP contribution in [0, 0.1) is 0 Å². The van der Waals surface area contributed by atoms with Crippen molar-refractivity contribution >= 4 is 11.3 Å². The Balaban J connectivity index is 1.66. The van der Waals surface area contributed by atoms with Crippen molar-refractivity contribution in [1.82, 2.24) is 10.3 Å². The Kier molecular flexibility index (Phi) is 4.75. The van der Waals surface area contributed by atoms with E-state index in [1.807, 2.05) is 0 Å². The van der Waals surface area contributed by atoms with E-state index < -0.39 is 0 Å². The van der Waals surface area contributed by atoms with Crippen LogP contribution >= 0.6 is 11.3 Å². The number of ether oxygens (including phenoxy) is 1. The van der Waals surface area contributed by atoms with Crippen molar-refractivity contribution in [2.24, 2.45) is 0 Å². The number of hydrogen-bond acceptors (Lipinski definition) is 4. The lowest BCUT2D eigenvalue weighted by atomic mass is 10.1. The van der Waals surface area contributed by atoms with Gasteiger partial charge in [-0.1, -0.05) is 6.92 Å². The van der Waals surface area contributed by atoms with E-state index in [-0.39, 0.29) is 0 Å². The summed E-state index contributed by atoms with van der Waals surface area (Å²) in [4.78, 5) is 4.57. The maximum absolute atomic E-state index is 5.33. The SMILES string of the molecule is CCc1nc(CCNC2CCOCC2)cs1. The molecule has 0 unspecified atom stereocenters. The predicted molar refractivity (Wildman–Crippen MR) is 67.0 cm³/mol. The Morgan fingerprint density at radius 1 is 1.50 bits per heavy atom. The van der Waals surface area contributed by atoms with Gasteiger partial charge in [-0.3, -0.25) is 0 Å². The first-order valence-electron chi connectivity index (χ1n) is 6.13. The highest BCUT2D eigenvalue weighted by molar-refractivity contribution is 7.09. The zero-order chi connectivity index (χ0) is 11.2. The van der Waals surface area contributed by atoms with E-state index in [1.165, 1.54) is 10.7 Å². The average Bonchev–Trinajstić information content (AvgIpc) is 2.78. The van der Waals surface area contributed by atoms with E-state index in [0.717, 1.165) is 45.4 Å². The van der Waals surface area contributed by atoms with E-state index in [0.29, 0.717) is 6.04 Å². The summed E-state index contributed by atoms with van der Waals surface area (Å²) in [6.07, 6.45) is 4.40. The molecule has 90 valence electrons. The largest absolute Gasteiger partial charge is 0.381 e. The number of aromatic nitrogens is 1. The molecule has 2 heterocycles. The fraction of sp³-hybridized carbons (Fsp3) is 0.750. The molecule has 4 heteroatoms. The molecule has 3 nitrogen and oxygen atoms in total. The number of rotatable bonds is 5. The van der Waals surface area contributed by atoms with Crippen molar-refractivity contribution in [3.05, 3.63) is 16.1 Å². The smallest absolute Gasteiger partial charge is 0.0925 e. The molecule has 1 fully saturated rings. The molecular weight excluding hydrogens is 220 g/mol. The molecule has 1 saturated heterocycles. The van der Waals surface area contributed by atoms with Crippen molar-refractivity contribution in [1.29, 1.82) is 0 Å². The first-order chi connectivity index (χ1) is 7.88. The van der Waals surface area contributed by atoms with E-state index in [4.69, 9.17) is 4.74 Å². The van der Waals surface area contributed by atoms with Gasteiger partial charge in [0.1, 0.15) is 0 Å². The van der Waals surface area contributed by atoms with E-state index in [9.17, 15) is 0 Å². The van der Waals surface area contributed by atoms with Crippen LogP contribution in [0.15, 0.2) is 5.38 Å². The molecule has 0 aromatic carbocycles. The maximum atomic E-state index is 5.33. The monoisotopic (exact) mass is 240 g/mol. The molecule has 1 aromatic rings.